The van der Waals surface area contributed by atoms with Crippen LogP contribution in [0.5, 0.6) is 0 Å². The van der Waals surface area contributed by atoms with E-state index in [2.05, 4.69) is 10.6 Å². The fourth-order valence-corrected chi connectivity index (χ4v) is 3.42. The maximum atomic E-state index is 13.0. The predicted octanol–water partition coefficient (Wildman–Crippen LogP) is 4.03. The normalized spacial score (nSPS) is 20.2. The Labute approximate surface area is 159 Å². The molecule has 1 aliphatic rings. The number of nitrogens with one attached hydrogen (secondary N) is 2. The number of hydrogen-bond acceptors (Lipinski definition) is 3. The summed E-state index contributed by atoms with van der Waals surface area (Å²) in [4.78, 5) is 38.5. The van der Waals surface area contributed by atoms with Gasteiger partial charge in [-0.15, -0.1) is 0 Å². The lowest BCUT2D eigenvalue weighted by Crippen LogP contribution is -2.40. The fraction of sp³-hybridized carbons (Fsp3) is 0.318. The lowest BCUT2D eigenvalue weighted by Gasteiger charge is -2.24. The summed E-state index contributed by atoms with van der Waals surface area (Å²) in [5.74, 6) is -2.53. The highest BCUT2D eigenvalue weighted by atomic mass is 16.2. The van der Waals surface area contributed by atoms with E-state index in [9.17, 15) is 14.4 Å². The van der Waals surface area contributed by atoms with Crippen LogP contribution < -0.4 is 10.6 Å². The van der Waals surface area contributed by atoms with Gasteiger partial charge in [0.25, 0.3) is 0 Å². The predicted molar refractivity (Wildman–Crippen MR) is 105 cm³/mol. The van der Waals surface area contributed by atoms with E-state index in [1.807, 2.05) is 36.4 Å². The highest BCUT2D eigenvalue weighted by Crippen LogP contribution is 2.26. The maximum Gasteiger partial charge on any atom is 0.234 e. The minimum atomic E-state index is -0.794. The molecule has 1 fully saturated rings. The van der Waals surface area contributed by atoms with Gasteiger partial charge in [0.05, 0.1) is 11.8 Å². The van der Waals surface area contributed by atoms with E-state index in [0.717, 1.165) is 19.3 Å². The second kappa shape index (κ2) is 9.12. The number of carbonyl (C=O) groups is 3. The molecule has 0 bridgehead atoms. The van der Waals surface area contributed by atoms with Crippen LogP contribution in [0.1, 0.15) is 32.1 Å². The summed E-state index contributed by atoms with van der Waals surface area (Å²) >= 11 is 0. The Bertz CT molecular complexity index is 724. The van der Waals surface area contributed by atoms with Crippen molar-refractivity contribution >= 4 is 29.0 Å². The summed E-state index contributed by atoms with van der Waals surface area (Å²) < 4.78 is 0. The zero-order valence-electron chi connectivity index (χ0n) is 15.2. The molecule has 2 aromatic rings. The number of carbonyl (C=O) groups excluding carboxylic acids is 3. The van der Waals surface area contributed by atoms with E-state index in [1.54, 1.807) is 24.3 Å². The number of rotatable bonds is 4. The van der Waals surface area contributed by atoms with Crippen LogP contribution >= 0.6 is 0 Å². The van der Waals surface area contributed by atoms with Crippen LogP contribution in [0.2, 0.25) is 0 Å². The first-order valence-electron chi connectivity index (χ1n) is 9.40. The molecule has 27 heavy (non-hydrogen) atoms. The summed E-state index contributed by atoms with van der Waals surface area (Å²) in [6.45, 7) is 0. The summed E-state index contributed by atoms with van der Waals surface area (Å²) in [7, 11) is 0. The molecule has 3 rings (SSSR count). The van der Waals surface area contributed by atoms with Gasteiger partial charge in [-0.2, -0.15) is 0 Å². The minimum absolute atomic E-state index is 0.281. The number of anilines is 2. The molecule has 5 nitrogen and oxygen atoms in total. The summed E-state index contributed by atoms with van der Waals surface area (Å²) in [5.41, 5.74) is 1.31. The molecule has 0 aromatic heterocycles. The van der Waals surface area contributed by atoms with Gasteiger partial charge >= 0.3 is 0 Å². The van der Waals surface area contributed by atoms with Gasteiger partial charge in [-0.25, -0.2) is 0 Å². The van der Waals surface area contributed by atoms with Crippen LogP contribution in [0.4, 0.5) is 11.4 Å². The third-order valence-corrected chi connectivity index (χ3v) is 4.89. The number of Topliss-reactive ketones (excluding diaryl/α,β-unsaturated/α-hetero) is 1. The van der Waals surface area contributed by atoms with Gasteiger partial charge < -0.3 is 10.6 Å². The number of hydrogen-bond donors (Lipinski definition) is 2. The highest BCUT2D eigenvalue weighted by Gasteiger charge is 2.37. The van der Waals surface area contributed by atoms with Gasteiger partial charge in [-0.05, 0) is 37.1 Å². The number of ketones is 1. The van der Waals surface area contributed by atoms with Gasteiger partial charge in [0.15, 0.2) is 5.78 Å². The van der Waals surface area contributed by atoms with E-state index in [4.69, 9.17) is 0 Å². The Hall–Kier alpha value is -2.95. The smallest absolute Gasteiger partial charge is 0.234 e. The van der Waals surface area contributed by atoms with Gasteiger partial charge in [0.2, 0.25) is 11.8 Å². The Morgan fingerprint density at radius 3 is 1.48 bits per heavy atom. The van der Waals surface area contributed by atoms with Crippen molar-refractivity contribution in [2.75, 3.05) is 10.6 Å². The standard InChI is InChI=1S/C22H24N2O3/c25-20-18(21(26)23-16-10-4-1-5-11-16)14-8-3-9-15-19(20)22(27)24-17-12-6-2-7-13-17/h1-2,4-7,10-13,18-19H,3,8-9,14-15H2,(H,23,26)(H,24,27). The molecule has 0 radical (unpaired) electrons. The van der Waals surface area contributed by atoms with Crippen LogP contribution in [0, 0.1) is 11.8 Å². The zero-order chi connectivity index (χ0) is 19.1. The summed E-state index contributed by atoms with van der Waals surface area (Å²) in [5, 5.41) is 5.62. The first kappa shape index (κ1) is 18.8. The average molecular weight is 364 g/mol. The largest absolute Gasteiger partial charge is 0.325 e. The molecule has 140 valence electrons. The molecule has 5 heteroatoms. The lowest BCUT2D eigenvalue weighted by molar-refractivity contribution is -0.138. The van der Waals surface area contributed by atoms with E-state index >= 15 is 0 Å². The lowest BCUT2D eigenvalue weighted by atomic mass is 9.82. The van der Waals surface area contributed by atoms with E-state index in [0.29, 0.717) is 24.2 Å². The topological polar surface area (TPSA) is 75.3 Å². The summed E-state index contributed by atoms with van der Waals surface area (Å²) in [6.07, 6.45) is 3.49. The van der Waals surface area contributed by atoms with Crippen molar-refractivity contribution in [1.29, 1.82) is 0 Å². The SMILES string of the molecule is O=C(Nc1ccccc1)C1CCCCCC(C(=O)Nc2ccccc2)C1=O. The van der Waals surface area contributed by atoms with Crippen molar-refractivity contribution < 1.29 is 14.4 Å². The first-order chi connectivity index (χ1) is 13.1. The monoisotopic (exact) mass is 364 g/mol. The Morgan fingerprint density at radius 2 is 1.07 bits per heavy atom. The molecule has 0 spiro atoms. The van der Waals surface area contributed by atoms with Gasteiger partial charge in [-0.1, -0.05) is 55.7 Å². The molecule has 2 N–H and O–H groups in total. The van der Waals surface area contributed by atoms with Crippen molar-refractivity contribution in [2.24, 2.45) is 11.8 Å². The van der Waals surface area contributed by atoms with Crippen molar-refractivity contribution in [2.45, 2.75) is 32.1 Å². The molecule has 2 aromatic carbocycles. The zero-order valence-corrected chi connectivity index (χ0v) is 15.2. The molecule has 1 saturated carbocycles. The molecular formula is C22H24N2O3. The molecular weight excluding hydrogens is 340 g/mol. The summed E-state index contributed by atoms with van der Waals surface area (Å²) in [6, 6.07) is 18.2. The minimum Gasteiger partial charge on any atom is -0.325 e. The van der Waals surface area contributed by atoms with Crippen LogP contribution in [0.15, 0.2) is 60.7 Å². The number of amides is 2. The third-order valence-electron chi connectivity index (χ3n) is 4.89. The maximum absolute atomic E-state index is 13.0. The van der Waals surface area contributed by atoms with Gasteiger partial charge in [0.1, 0.15) is 0 Å². The average Bonchev–Trinajstić information content (AvgIpc) is 2.66. The third kappa shape index (κ3) is 5.03. The molecule has 2 amide bonds. The first-order valence-corrected chi connectivity index (χ1v) is 9.40. The number of para-hydroxylation sites is 2. The van der Waals surface area contributed by atoms with Crippen LogP contribution in [0.3, 0.4) is 0 Å². The van der Waals surface area contributed by atoms with E-state index < -0.39 is 11.8 Å². The molecule has 2 atom stereocenters. The van der Waals surface area contributed by atoms with Gasteiger partial charge in [0, 0.05) is 11.4 Å². The second-order valence-corrected chi connectivity index (χ2v) is 6.86. The van der Waals surface area contributed by atoms with Crippen molar-refractivity contribution in [3.8, 4) is 0 Å². The van der Waals surface area contributed by atoms with E-state index in [1.165, 1.54) is 0 Å². The highest BCUT2D eigenvalue weighted by molar-refractivity contribution is 6.15. The van der Waals surface area contributed by atoms with Crippen molar-refractivity contribution in [3.63, 3.8) is 0 Å². The molecule has 0 heterocycles. The number of benzene rings is 2. The molecule has 0 aliphatic heterocycles. The quantitative estimate of drug-likeness (QED) is 0.804. The Morgan fingerprint density at radius 1 is 0.667 bits per heavy atom. The van der Waals surface area contributed by atoms with E-state index in [-0.39, 0.29) is 17.6 Å². The fourth-order valence-electron chi connectivity index (χ4n) is 3.42. The second-order valence-electron chi connectivity index (χ2n) is 6.86. The van der Waals surface area contributed by atoms with Crippen molar-refractivity contribution in [3.05, 3.63) is 60.7 Å². The Kier molecular flexibility index (Phi) is 6.36. The van der Waals surface area contributed by atoms with Crippen LogP contribution in [-0.4, -0.2) is 17.6 Å². The van der Waals surface area contributed by atoms with Crippen LogP contribution in [-0.2, 0) is 14.4 Å². The molecule has 1 aliphatic carbocycles. The van der Waals surface area contributed by atoms with Crippen LogP contribution in [0.25, 0.3) is 0 Å². The molecule has 0 saturated heterocycles. The van der Waals surface area contributed by atoms with Gasteiger partial charge in [-0.3, -0.25) is 14.4 Å². The van der Waals surface area contributed by atoms with Crippen molar-refractivity contribution in [1.82, 2.24) is 0 Å². The molecule has 2 unspecified atom stereocenters. The Balaban J connectivity index is 1.73.